The molecule has 0 atom stereocenters. The van der Waals surface area contributed by atoms with E-state index < -0.39 is 10.0 Å². The molecule has 0 aliphatic rings. The van der Waals surface area contributed by atoms with Crippen LogP contribution in [0.4, 0.5) is 0 Å². The van der Waals surface area contributed by atoms with E-state index in [1.807, 2.05) is 0 Å². The van der Waals surface area contributed by atoms with E-state index in [0.29, 0.717) is 35.2 Å². The summed E-state index contributed by atoms with van der Waals surface area (Å²) in [6.07, 6.45) is 0. The van der Waals surface area contributed by atoms with E-state index >= 15 is 0 Å². The van der Waals surface area contributed by atoms with Crippen LogP contribution in [0.25, 0.3) is 0 Å². The molecule has 0 N–H and O–H groups in total. The average Bonchev–Trinajstić information content (AvgIpc) is 2.81. The number of nitrogens with zero attached hydrogens (tertiary/aromatic N) is 3. The van der Waals surface area contributed by atoms with Crippen LogP contribution in [-0.4, -0.2) is 43.2 Å². The van der Waals surface area contributed by atoms with Gasteiger partial charge >= 0.3 is 0 Å². The molecule has 1 heterocycles. The van der Waals surface area contributed by atoms with Gasteiger partial charge in [-0.05, 0) is 32.0 Å². The molecule has 0 bridgehead atoms. The summed E-state index contributed by atoms with van der Waals surface area (Å²) in [5.74, 6) is 0.682. The molecule has 24 heavy (non-hydrogen) atoms. The lowest BCUT2D eigenvalue weighted by Crippen LogP contribution is -2.27. The summed E-state index contributed by atoms with van der Waals surface area (Å²) in [4.78, 5) is 0.257. The van der Waals surface area contributed by atoms with Gasteiger partial charge in [-0.2, -0.15) is 5.10 Å². The Morgan fingerprint density at radius 2 is 2.00 bits per heavy atom. The molecule has 132 valence electrons. The quantitative estimate of drug-likeness (QED) is 0.783. The van der Waals surface area contributed by atoms with Gasteiger partial charge in [-0.3, -0.25) is 4.68 Å². The Bertz CT molecular complexity index is 846. The number of hydrogen-bond acceptors (Lipinski definition) is 4. The number of sulfonamides is 1. The molecule has 8 heteroatoms. The van der Waals surface area contributed by atoms with Gasteiger partial charge in [0.2, 0.25) is 10.0 Å². The second kappa shape index (κ2) is 7.13. The van der Waals surface area contributed by atoms with Crippen molar-refractivity contribution in [3.05, 3.63) is 40.2 Å². The van der Waals surface area contributed by atoms with E-state index in [1.54, 1.807) is 57.8 Å². The van der Waals surface area contributed by atoms with E-state index in [9.17, 15) is 8.42 Å². The maximum Gasteiger partial charge on any atom is 0.246 e. The Morgan fingerprint density at radius 1 is 1.33 bits per heavy atom. The second-order valence-electron chi connectivity index (χ2n) is 5.53. The van der Waals surface area contributed by atoms with Crippen LogP contribution in [0.2, 0.25) is 5.02 Å². The normalized spacial score (nSPS) is 12.0. The number of methoxy groups -OCH3 is 1. The van der Waals surface area contributed by atoms with E-state index in [1.165, 1.54) is 4.31 Å². The van der Waals surface area contributed by atoms with Crippen molar-refractivity contribution in [3.63, 3.8) is 0 Å². The Balaban J connectivity index is 2.49. The van der Waals surface area contributed by atoms with Crippen molar-refractivity contribution < 1.29 is 13.2 Å². The lowest BCUT2D eigenvalue weighted by atomic mass is 10.2. The van der Waals surface area contributed by atoms with Crippen molar-refractivity contribution in [2.45, 2.75) is 32.2 Å². The minimum atomic E-state index is -3.55. The van der Waals surface area contributed by atoms with Gasteiger partial charge in [-0.1, -0.05) is 18.5 Å². The molecule has 0 saturated heterocycles. The summed E-state index contributed by atoms with van der Waals surface area (Å²) in [7, 11) is -0.409. The van der Waals surface area contributed by atoms with Crippen LogP contribution in [0.1, 0.15) is 23.9 Å². The third kappa shape index (κ3) is 3.43. The predicted octanol–water partition coefficient (Wildman–Crippen LogP) is 2.85. The van der Waals surface area contributed by atoms with Gasteiger partial charge in [0.15, 0.2) is 0 Å². The summed E-state index contributed by atoms with van der Waals surface area (Å²) in [6.45, 7) is 6.03. The van der Waals surface area contributed by atoms with Crippen LogP contribution < -0.4 is 4.74 Å². The van der Waals surface area contributed by atoms with Crippen LogP contribution >= 0.6 is 11.6 Å². The molecule has 2 rings (SSSR count). The molecule has 0 fully saturated rings. The summed E-state index contributed by atoms with van der Waals surface area (Å²) >= 11 is 6.06. The number of hydrogen-bond donors (Lipinski definition) is 0. The topological polar surface area (TPSA) is 64.4 Å². The maximum atomic E-state index is 12.7. The number of benzene rings is 1. The van der Waals surface area contributed by atoms with Crippen molar-refractivity contribution in [1.29, 1.82) is 0 Å². The average molecular weight is 372 g/mol. The highest BCUT2D eigenvalue weighted by atomic mass is 35.5. The molecule has 2 aromatic rings. The standard InChI is InChI=1S/C16H22ClN3O3S/c1-6-19(4)24(21,22)16-11(2)18-20(12(16)3)10-13-9-14(17)7-8-15(13)23-5/h7-9H,6,10H2,1-5H3. The first kappa shape index (κ1) is 18.8. The van der Waals surface area contributed by atoms with Gasteiger partial charge in [0.1, 0.15) is 10.6 Å². The van der Waals surface area contributed by atoms with Gasteiger partial charge in [-0.15, -0.1) is 0 Å². The molecule has 0 spiro atoms. The molecular weight excluding hydrogens is 350 g/mol. The van der Waals surface area contributed by atoms with Crippen molar-refractivity contribution in [1.82, 2.24) is 14.1 Å². The Hall–Kier alpha value is -1.57. The lowest BCUT2D eigenvalue weighted by molar-refractivity contribution is 0.407. The summed E-state index contributed by atoms with van der Waals surface area (Å²) in [5, 5.41) is 4.99. The SMILES string of the molecule is CCN(C)S(=O)(=O)c1c(C)nn(Cc2cc(Cl)ccc2OC)c1C. The number of halogens is 1. The Morgan fingerprint density at radius 3 is 2.58 bits per heavy atom. The van der Waals surface area contributed by atoms with Crippen molar-refractivity contribution in [3.8, 4) is 5.75 Å². The highest BCUT2D eigenvalue weighted by Gasteiger charge is 2.28. The number of ether oxygens (including phenoxy) is 1. The number of aromatic nitrogens is 2. The highest BCUT2D eigenvalue weighted by molar-refractivity contribution is 7.89. The Labute approximate surface area is 148 Å². The van der Waals surface area contributed by atoms with Gasteiger partial charge in [0.05, 0.1) is 25.0 Å². The molecule has 0 saturated carbocycles. The van der Waals surface area contributed by atoms with Crippen LogP contribution in [-0.2, 0) is 16.6 Å². The molecule has 0 unspecified atom stereocenters. The molecule has 0 amide bonds. The Kier molecular flexibility index (Phi) is 5.57. The summed E-state index contributed by atoms with van der Waals surface area (Å²) in [6, 6.07) is 5.33. The zero-order valence-electron chi connectivity index (χ0n) is 14.5. The number of rotatable bonds is 6. The van der Waals surface area contributed by atoms with Gasteiger partial charge < -0.3 is 4.74 Å². The lowest BCUT2D eigenvalue weighted by Gasteiger charge is -2.15. The smallest absolute Gasteiger partial charge is 0.246 e. The third-order valence-electron chi connectivity index (χ3n) is 3.99. The minimum Gasteiger partial charge on any atom is -0.496 e. The fraction of sp³-hybridized carbons (Fsp3) is 0.438. The van der Waals surface area contributed by atoms with Crippen LogP contribution in [0.5, 0.6) is 5.75 Å². The molecule has 0 radical (unpaired) electrons. The fourth-order valence-corrected chi connectivity index (χ4v) is 4.30. The van der Waals surface area contributed by atoms with Gasteiger partial charge in [-0.25, -0.2) is 12.7 Å². The van der Waals surface area contributed by atoms with E-state index in [0.717, 1.165) is 5.56 Å². The first-order valence-electron chi connectivity index (χ1n) is 7.55. The summed E-state index contributed by atoms with van der Waals surface area (Å²) in [5.41, 5.74) is 1.91. The molecular formula is C16H22ClN3O3S. The predicted molar refractivity (Wildman–Crippen MR) is 94.3 cm³/mol. The monoisotopic (exact) mass is 371 g/mol. The van der Waals surface area contributed by atoms with Crippen molar-refractivity contribution >= 4 is 21.6 Å². The van der Waals surface area contributed by atoms with E-state index in [2.05, 4.69) is 5.10 Å². The van der Waals surface area contributed by atoms with E-state index in [4.69, 9.17) is 16.3 Å². The van der Waals surface area contributed by atoms with Gasteiger partial charge in [0.25, 0.3) is 0 Å². The number of aryl methyl sites for hydroxylation is 1. The van der Waals surface area contributed by atoms with Crippen LogP contribution in [0.15, 0.2) is 23.1 Å². The zero-order valence-corrected chi connectivity index (χ0v) is 16.1. The third-order valence-corrected chi connectivity index (χ3v) is 6.41. The van der Waals surface area contributed by atoms with E-state index in [-0.39, 0.29) is 4.90 Å². The van der Waals surface area contributed by atoms with Crippen molar-refractivity contribution in [2.24, 2.45) is 0 Å². The minimum absolute atomic E-state index is 0.257. The van der Waals surface area contributed by atoms with Crippen LogP contribution in [0.3, 0.4) is 0 Å². The largest absolute Gasteiger partial charge is 0.496 e. The molecule has 0 aliphatic heterocycles. The molecule has 0 aliphatic carbocycles. The first-order valence-corrected chi connectivity index (χ1v) is 9.36. The molecule has 6 nitrogen and oxygen atoms in total. The molecule has 1 aromatic heterocycles. The fourth-order valence-electron chi connectivity index (χ4n) is 2.57. The maximum absolute atomic E-state index is 12.7. The van der Waals surface area contributed by atoms with Crippen molar-refractivity contribution in [2.75, 3.05) is 20.7 Å². The zero-order chi connectivity index (χ0) is 18.1. The van der Waals surface area contributed by atoms with Crippen LogP contribution in [0, 0.1) is 13.8 Å². The highest BCUT2D eigenvalue weighted by Crippen LogP contribution is 2.27. The van der Waals surface area contributed by atoms with Gasteiger partial charge in [0, 0.05) is 24.2 Å². The second-order valence-corrected chi connectivity index (χ2v) is 7.95. The molecule has 1 aromatic carbocycles. The first-order chi connectivity index (χ1) is 11.2. The summed E-state index contributed by atoms with van der Waals surface area (Å²) < 4.78 is 33.7.